The summed E-state index contributed by atoms with van der Waals surface area (Å²) in [4.78, 5) is 6.87. The molecule has 25 heavy (non-hydrogen) atoms. The van der Waals surface area contributed by atoms with Crippen LogP contribution in [0.5, 0.6) is 5.75 Å². The summed E-state index contributed by atoms with van der Waals surface area (Å²) in [5.74, 6) is 1.48. The number of anilines is 1. The van der Waals surface area contributed by atoms with Gasteiger partial charge in [-0.2, -0.15) is 10.4 Å². The smallest absolute Gasteiger partial charge is 0.245 e. The highest BCUT2D eigenvalue weighted by Crippen LogP contribution is 2.22. The summed E-state index contributed by atoms with van der Waals surface area (Å²) in [6, 6.07) is 9.46. The minimum atomic E-state index is 0.152. The first-order valence-electron chi connectivity index (χ1n) is 8.87. The number of aromatic nitrogens is 3. The minimum absolute atomic E-state index is 0.152. The third-order valence-electron chi connectivity index (χ3n) is 4.49. The van der Waals surface area contributed by atoms with Crippen LogP contribution in [0.3, 0.4) is 0 Å². The minimum Gasteiger partial charge on any atom is -0.490 e. The Hall–Kier alpha value is -2.68. The summed E-state index contributed by atoms with van der Waals surface area (Å²) in [5.41, 5.74) is 2.65. The van der Waals surface area contributed by atoms with Crippen LogP contribution in [0.15, 0.2) is 24.3 Å². The monoisotopic (exact) mass is 337 g/mol. The van der Waals surface area contributed by atoms with Crippen molar-refractivity contribution in [1.29, 1.82) is 5.26 Å². The van der Waals surface area contributed by atoms with E-state index in [2.05, 4.69) is 35.0 Å². The molecule has 6 heteroatoms. The fraction of sp³-hybridized carbons (Fsp3) is 0.474. The third-order valence-corrected chi connectivity index (χ3v) is 4.49. The van der Waals surface area contributed by atoms with Crippen LogP contribution in [-0.4, -0.2) is 34.4 Å². The van der Waals surface area contributed by atoms with E-state index in [0.29, 0.717) is 5.56 Å². The molecule has 1 aliphatic rings. The first kappa shape index (κ1) is 17.2. The zero-order chi connectivity index (χ0) is 17.6. The topological polar surface area (TPSA) is 74.9 Å². The highest BCUT2D eigenvalue weighted by Gasteiger charge is 2.23. The van der Waals surface area contributed by atoms with Gasteiger partial charge in [-0.25, -0.2) is 4.98 Å². The number of benzene rings is 1. The van der Waals surface area contributed by atoms with Gasteiger partial charge in [-0.3, -0.25) is 0 Å². The number of nitrogens with zero attached hydrogens (tertiary/aromatic N) is 5. The lowest BCUT2D eigenvalue weighted by Crippen LogP contribution is -2.39. The van der Waals surface area contributed by atoms with Gasteiger partial charge in [-0.15, -0.1) is 5.10 Å². The van der Waals surface area contributed by atoms with Gasteiger partial charge in [-0.1, -0.05) is 19.9 Å². The Bertz CT molecular complexity index is 763. The summed E-state index contributed by atoms with van der Waals surface area (Å²) < 4.78 is 6.03. The van der Waals surface area contributed by atoms with Crippen molar-refractivity contribution in [1.82, 2.24) is 15.2 Å². The molecule has 0 radical (unpaired) electrons. The molecular formula is C19H23N5O. The molecule has 0 N–H and O–H groups in total. The van der Waals surface area contributed by atoms with Gasteiger partial charge < -0.3 is 9.64 Å². The average Bonchev–Trinajstić information content (AvgIpc) is 2.68. The number of aryl methyl sites for hydroxylation is 2. The molecular weight excluding hydrogens is 314 g/mol. The Labute approximate surface area is 148 Å². The van der Waals surface area contributed by atoms with Gasteiger partial charge in [0.25, 0.3) is 0 Å². The lowest BCUT2D eigenvalue weighted by Gasteiger charge is -2.32. The molecule has 2 heterocycles. The zero-order valence-corrected chi connectivity index (χ0v) is 14.8. The van der Waals surface area contributed by atoms with Crippen LogP contribution in [0.1, 0.15) is 43.6 Å². The normalized spacial score (nSPS) is 15.0. The maximum absolute atomic E-state index is 8.98. The highest BCUT2D eigenvalue weighted by atomic mass is 16.5. The quantitative estimate of drug-likeness (QED) is 0.835. The van der Waals surface area contributed by atoms with Crippen molar-refractivity contribution in [3.8, 4) is 11.8 Å². The first-order chi connectivity index (χ1) is 12.2. The Morgan fingerprint density at radius 2 is 1.92 bits per heavy atom. The Morgan fingerprint density at radius 3 is 2.60 bits per heavy atom. The SMILES string of the molecule is CCc1nnc(N2CCC(Oc3cccc(C#N)c3)CC2)nc1CC. The molecule has 1 fully saturated rings. The molecule has 0 aliphatic carbocycles. The zero-order valence-electron chi connectivity index (χ0n) is 14.8. The van der Waals surface area contributed by atoms with Crippen LogP contribution >= 0.6 is 0 Å². The number of piperidine rings is 1. The van der Waals surface area contributed by atoms with E-state index in [0.717, 1.165) is 61.9 Å². The van der Waals surface area contributed by atoms with Crippen LogP contribution in [0, 0.1) is 11.3 Å². The van der Waals surface area contributed by atoms with Crippen molar-refractivity contribution < 1.29 is 4.74 Å². The fourth-order valence-electron chi connectivity index (χ4n) is 3.07. The second-order valence-electron chi connectivity index (χ2n) is 6.16. The van der Waals surface area contributed by atoms with E-state index in [4.69, 9.17) is 15.0 Å². The molecule has 0 atom stereocenters. The van der Waals surface area contributed by atoms with Crippen molar-refractivity contribution in [2.24, 2.45) is 0 Å². The lowest BCUT2D eigenvalue weighted by molar-refractivity contribution is 0.170. The number of hydrogen-bond acceptors (Lipinski definition) is 6. The van der Waals surface area contributed by atoms with E-state index < -0.39 is 0 Å². The molecule has 1 aliphatic heterocycles. The summed E-state index contributed by atoms with van der Waals surface area (Å²) >= 11 is 0. The van der Waals surface area contributed by atoms with E-state index in [1.54, 1.807) is 12.1 Å². The van der Waals surface area contributed by atoms with Gasteiger partial charge in [0.2, 0.25) is 5.95 Å². The number of rotatable bonds is 5. The van der Waals surface area contributed by atoms with Crippen LogP contribution in [-0.2, 0) is 12.8 Å². The molecule has 0 amide bonds. The molecule has 1 saturated heterocycles. The standard InChI is InChI=1S/C19H23N5O/c1-3-17-18(4-2)22-23-19(21-17)24-10-8-15(9-11-24)25-16-7-5-6-14(12-16)13-20/h5-7,12,15H,3-4,8-11H2,1-2H3. The van der Waals surface area contributed by atoms with Gasteiger partial charge in [0.15, 0.2) is 0 Å². The van der Waals surface area contributed by atoms with Crippen molar-refractivity contribution in [3.63, 3.8) is 0 Å². The fourth-order valence-corrected chi connectivity index (χ4v) is 3.07. The molecule has 6 nitrogen and oxygen atoms in total. The maximum Gasteiger partial charge on any atom is 0.245 e. The molecule has 0 spiro atoms. The second kappa shape index (κ2) is 7.93. The van der Waals surface area contributed by atoms with Crippen molar-refractivity contribution >= 4 is 5.95 Å². The predicted octanol–water partition coefficient (Wildman–Crippen LogP) is 2.92. The summed E-state index contributed by atoms with van der Waals surface area (Å²) in [7, 11) is 0. The van der Waals surface area contributed by atoms with E-state index >= 15 is 0 Å². The van der Waals surface area contributed by atoms with Crippen molar-refractivity contribution in [3.05, 3.63) is 41.2 Å². The largest absolute Gasteiger partial charge is 0.490 e. The van der Waals surface area contributed by atoms with E-state index in [1.165, 1.54) is 0 Å². The Morgan fingerprint density at radius 1 is 1.16 bits per heavy atom. The summed E-state index contributed by atoms with van der Waals surface area (Å²) in [6.45, 7) is 5.87. The third kappa shape index (κ3) is 4.05. The average molecular weight is 337 g/mol. The van der Waals surface area contributed by atoms with Crippen LogP contribution in [0.2, 0.25) is 0 Å². The summed E-state index contributed by atoms with van der Waals surface area (Å²) in [6.07, 6.45) is 3.69. The van der Waals surface area contributed by atoms with Gasteiger partial charge in [0.1, 0.15) is 11.9 Å². The number of nitriles is 1. The van der Waals surface area contributed by atoms with Crippen LogP contribution < -0.4 is 9.64 Å². The van der Waals surface area contributed by atoms with Crippen molar-refractivity contribution in [2.75, 3.05) is 18.0 Å². The Kier molecular flexibility index (Phi) is 5.44. The molecule has 0 saturated carbocycles. The van der Waals surface area contributed by atoms with Gasteiger partial charge in [0, 0.05) is 25.9 Å². The van der Waals surface area contributed by atoms with Crippen molar-refractivity contribution in [2.45, 2.75) is 45.6 Å². The molecule has 0 bridgehead atoms. The maximum atomic E-state index is 8.98. The first-order valence-corrected chi connectivity index (χ1v) is 8.87. The Balaban J connectivity index is 1.61. The predicted molar refractivity (Wildman–Crippen MR) is 95.6 cm³/mol. The molecule has 0 unspecified atom stereocenters. The van der Waals surface area contributed by atoms with E-state index in [1.807, 2.05) is 12.1 Å². The number of ether oxygens (including phenoxy) is 1. The second-order valence-corrected chi connectivity index (χ2v) is 6.16. The highest BCUT2D eigenvalue weighted by molar-refractivity contribution is 5.36. The summed E-state index contributed by atoms with van der Waals surface area (Å²) in [5, 5.41) is 17.6. The van der Waals surface area contributed by atoms with E-state index in [9.17, 15) is 0 Å². The van der Waals surface area contributed by atoms with Crippen LogP contribution in [0.25, 0.3) is 0 Å². The molecule has 1 aromatic heterocycles. The number of hydrogen-bond donors (Lipinski definition) is 0. The molecule has 2 aromatic rings. The van der Waals surface area contributed by atoms with Gasteiger partial charge in [-0.05, 0) is 31.0 Å². The van der Waals surface area contributed by atoms with Gasteiger partial charge >= 0.3 is 0 Å². The molecule has 3 rings (SSSR count). The van der Waals surface area contributed by atoms with Gasteiger partial charge in [0.05, 0.1) is 23.0 Å². The molecule has 130 valence electrons. The van der Waals surface area contributed by atoms with E-state index in [-0.39, 0.29) is 6.10 Å². The molecule has 1 aromatic carbocycles. The van der Waals surface area contributed by atoms with Crippen LogP contribution in [0.4, 0.5) is 5.95 Å². The lowest BCUT2D eigenvalue weighted by atomic mass is 10.1.